The van der Waals surface area contributed by atoms with Crippen molar-refractivity contribution in [2.75, 3.05) is 18.4 Å². The Morgan fingerprint density at radius 1 is 1.03 bits per heavy atom. The van der Waals surface area contributed by atoms with E-state index in [1.807, 2.05) is 0 Å². The van der Waals surface area contributed by atoms with Gasteiger partial charge in [0.05, 0.1) is 21.1 Å². The zero-order chi connectivity index (χ0) is 22.9. The molecule has 0 bridgehead atoms. The number of amides is 1. The molecule has 0 saturated carbocycles. The molecule has 1 aliphatic rings. The lowest BCUT2D eigenvalue weighted by Gasteiger charge is -2.26. The topological polar surface area (TPSA) is 110 Å². The highest BCUT2D eigenvalue weighted by molar-refractivity contribution is 7.91. The van der Waals surface area contributed by atoms with E-state index in [2.05, 4.69) is 5.32 Å². The number of halogens is 1. The number of nitrogens with one attached hydrogen (secondary N) is 1. The molecule has 32 heavy (non-hydrogen) atoms. The van der Waals surface area contributed by atoms with Gasteiger partial charge in [-0.1, -0.05) is 30.3 Å². The number of nitro groups is 1. The van der Waals surface area contributed by atoms with Crippen LogP contribution in [-0.2, 0) is 16.4 Å². The van der Waals surface area contributed by atoms with Crippen molar-refractivity contribution < 1.29 is 22.5 Å². The average molecular weight is 455 g/mol. The molecule has 4 rings (SSSR count). The number of rotatable bonds is 3. The predicted molar refractivity (Wildman–Crippen MR) is 115 cm³/mol. The molecule has 0 spiro atoms. The van der Waals surface area contributed by atoms with Crippen LogP contribution in [0.2, 0.25) is 0 Å². The van der Waals surface area contributed by atoms with Crippen LogP contribution in [-0.4, -0.2) is 37.2 Å². The molecule has 3 aromatic rings. The van der Waals surface area contributed by atoms with Crippen molar-refractivity contribution in [3.05, 3.63) is 93.8 Å². The normalized spacial score (nSPS) is 15.3. The van der Waals surface area contributed by atoms with Crippen molar-refractivity contribution in [1.82, 2.24) is 4.90 Å². The molecule has 3 aromatic carbocycles. The van der Waals surface area contributed by atoms with Crippen LogP contribution in [0.3, 0.4) is 0 Å². The largest absolute Gasteiger partial charge is 0.382 e. The summed E-state index contributed by atoms with van der Waals surface area (Å²) in [6, 6.07) is 15.3. The van der Waals surface area contributed by atoms with Crippen LogP contribution < -0.4 is 5.32 Å². The van der Waals surface area contributed by atoms with Gasteiger partial charge in [-0.2, -0.15) is 0 Å². The summed E-state index contributed by atoms with van der Waals surface area (Å²) in [7, 11) is -4.28. The number of non-ortho nitro benzene ring substituents is 1. The highest BCUT2D eigenvalue weighted by atomic mass is 32.2. The fraction of sp³-hybridized carbons (Fsp3) is 0.136. The Morgan fingerprint density at radius 2 is 1.75 bits per heavy atom. The summed E-state index contributed by atoms with van der Waals surface area (Å²) >= 11 is 0. The SMILES string of the molecule is O=C1c2ccccc2S(=O)(=O)c2cc([N+](=O)[O-])ccc2NCCN1Cc1ccccc1F. The highest BCUT2D eigenvalue weighted by Gasteiger charge is 2.31. The zero-order valence-electron chi connectivity index (χ0n) is 16.7. The van der Waals surface area contributed by atoms with Crippen LogP contribution in [0.5, 0.6) is 0 Å². The van der Waals surface area contributed by atoms with Crippen molar-refractivity contribution in [1.29, 1.82) is 0 Å². The maximum absolute atomic E-state index is 14.2. The van der Waals surface area contributed by atoms with Gasteiger partial charge in [-0.25, -0.2) is 12.8 Å². The number of sulfone groups is 1. The standard InChI is InChI=1S/C22H18FN3O5S/c23-18-7-3-1-5-15(18)14-25-12-11-24-19-10-9-16(26(28)29)13-21(19)32(30,31)20-8-4-2-6-17(20)22(25)27/h1-10,13,24H,11-12,14H2. The van der Waals surface area contributed by atoms with E-state index in [1.165, 1.54) is 47.4 Å². The fourth-order valence-corrected chi connectivity index (χ4v) is 5.21. The molecule has 0 radical (unpaired) electrons. The Labute approximate surface area is 183 Å². The van der Waals surface area contributed by atoms with Gasteiger partial charge >= 0.3 is 0 Å². The number of hydrogen-bond acceptors (Lipinski definition) is 6. The smallest absolute Gasteiger partial charge is 0.270 e. The molecule has 0 aliphatic carbocycles. The van der Waals surface area contributed by atoms with Crippen molar-refractivity contribution in [2.45, 2.75) is 16.3 Å². The van der Waals surface area contributed by atoms with Crippen molar-refractivity contribution in [2.24, 2.45) is 0 Å². The van der Waals surface area contributed by atoms with E-state index in [4.69, 9.17) is 0 Å². The number of carbonyl (C=O) groups is 1. The third kappa shape index (κ3) is 3.92. The molecule has 10 heteroatoms. The minimum absolute atomic E-state index is 0.0469. The Bertz CT molecular complexity index is 1330. The van der Waals surface area contributed by atoms with E-state index in [0.717, 1.165) is 6.07 Å². The number of hydrogen-bond donors (Lipinski definition) is 1. The molecule has 8 nitrogen and oxygen atoms in total. The van der Waals surface area contributed by atoms with Gasteiger partial charge in [-0.15, -0.1) is 0 Å². The van der Waals surface area contributed by atoms with Gasteiger partial charge < -0.3 is 10.2 Å². The van der Waals surface area contributed by atoms with Crippen LogP contribution in [0.25, 0.3) is 0 Å². The van der Waals surface area contributed by atoms with Crippen molar-refractivity contribution in [3.8, 4) is 0 Å². The average Bonchev–Trinajstić information content (AvgIpc) is 2.78. The van der Waals surface area contributed by atoms with E-state index in [1.54, 1.807) is 18.2 Å². The summed E-state index contributed by atoms with van der Waals surface area (Å²) in [5.74, 6) is -1.05. The van der Waals surface area contributed by atoms with Gasteiger partial charge in [0, 0.05) is 37.3 Å². The van der Waals surface area contributed by atoms with Crippen molar-refractivity contribution >= 4 is 27.1 Å². The number of carbonyl (C=O) groups excluding carboxylic acids is 1. The molecule has 0 aromatic heterocycles. The predicted octanol–water partition coefficient (Wildman–Crippen LogP) is 3.63. The first-order valence-electron chi connectivity index (χ1n) is 9.68. The minimum atomic E-state index is -4.28. The van der Waals surface area contributed by atoms with Gasteiger partial charge in [0.2, 0.25) is 9.84 Å². The lowest BCUT2D eigenvalue weighted by atomic mass is 10.1. The zero-order valence-corrected chi connectivity index (χ0v) is 17.5. The summed E-state index contributed by atoms with van der Waals surface area (Å²) < 4.78 is 41.2. The van der Waals surface area contributed by atoms with Gasteiger partial charge in [-0.3, -0.25) is 14.9 Å². The first kappa shape index (κ1) is 21.4. The maximum Gasteiger partial charge on any atom is 0.270 e. The van der Waals surface area contributed by atoms with Crippen LogP contribution in [0.4, 0.5) is 15.8 Å². The number of nitro benzene ring substituents is 1. The lowest BCUT2D eigenvalue weighted by Crippen LogP contribution is -2.36. The van der Waals surface area contributed by atoms with Crippen LogP contribution in [0.1, 0.15) is 15.9 Å². The second-order valence-electron chi connectivity index (χ2n) is 7.18. The first-order chi connectivity index (χ1) is 15.3. The second kappa shape index (κ2) is 8.39. The maximum atomic E-state index is 14.2. The van der Waals surface area contributed by atoms with Crippen molar-refractivity contribution in [3.63, 3.8) is 0 Å². The molecule has 1 N–H and O–H groups in total. The van der Waals surface area contributed by atoms with Crippen LogP contribution in [0, 0.1) is 15.9 Å². The van der Waals surface area contributed by atoms with E-state index in [9.17, 15) is 27.7 Å². The Balaban J connectivity index is 1.85. The van der Waals surface area contributed by atoms with E-state index in [0.29, 0.717) is 5.56 Å². The van der Waals surface area contributed by atoms with Gasteiger partial charge in [0.15, 0.2) is 0 Å². The minimum Gasteiger partial charge on any atom is -0.382 e. The summed E-state index contributed by atoms with van der Waals surface area (Å²) in [6.45, 7) is 0.259. The first-order valence-corrected chi connectivity index (χ1v) is 11.2. The molecule has 0 unspecified atom stereocenters. The molecular weight excluding hydrogens is 437 g/mol. The monoisotopic (exact) mass is 455 g/mol. The number of nitrogens with zero attached hydrogens (tertiary/aromatic N) is 2. The Hall–Kier alpha value is -3.79. The third-order valence-electron chi connectivity index (χ3n) is 5.18. The highest BCUT2D eigenvalue weighted by Crippen LogP contribution is 2.33. The molecule has 0 atom stereocenters. The molecule has 0 fully saturated rings. The molecule has 1 aliphatic heterocycles. The third-order valence-corrected chi connectivity index (χ3v) is 7.03. The number of benzene rings is 3. The summed E-state index contributed by atoms with van der Waals surface area (Å²) in [4.78, 5) is 24.7. The molecular formula is C22H18FN3O5S. The van der Waals surface area contributed by atoms with Crippen LogP contribution in [0.15, 0.2) is 76.5 Å². The van der Waals surface area contributed by atoms with E-state index < -0.39 is 26.5 Å². The second-order valence-corrected chi connectivity index (χ2v) is 9.07. The number of anilines is 1. The fourth-order valence-electron chi connectivity index (χ4n) is 3.57. The Kier molecular flexibility index (Phi) is 5.62. The molecule has 1 amide bonds. The van der Waals surface area contributed by atoms with Gasteiger partial charge in [0.1, 0.15) is 10.7 Å². The summed E-state index contributed by atoms with van der Waals surface area (Å²) in [5.41, 5.74) is 0.0271. The quantitative estimate of drug-likeness (QED) is 0.477. The van der Waals surface area contributed by atoms with E-state index in [-0.39, 0.29) is 46.4 Å². The van der Waals surface area contributed by atoms with Gasteiger partial charge in [0.25, 0.3) is 11.6 Å². The van der Waals surface area contributed by atoms with Gasteiger partial charge in [-0.05, 0) is 24.3 Å². The van der Waals surface area contributed by atoms with E-state index >= 15 is 0 Å². The summed E-state index contributed by atoms with van der Waals surface area (Å²) in [6.07, 6.45) is 0. The molecule has 1 heterocycles. The summed E-state index contributed by atoms with van der Waals surface area (Å²) in [5, 5.41) is 14.2. The van der Waals surface area contributed by atoms with Crippen LogP contribution >= 0.6 is 0 Å². The Morgan fingerprint density at radius 3 is 2.50 bits per heavy atom. The molecule has 164 valence electrons. The number of fused-ring (bicyclic) bond motifs is 2. The lowest BCUT2D eigenvalue weighted by molar-refractivity contribution is -0.385. The molecule has 0 saturated heterocycles.